The number of anilines is 2. The van der Waals surface area contributed by atoms with Gasteiger partial charge in [0.25, 0.3) is 0 Å². The molecule has 4 nitrogen and oxygen atoms in total. The summed E-state index contributed by atoms with van der Waals surface area (Å²) in [6.45, 7) is 5.68. The Hall–Kier alpha value is -1.46. The summed E-state index contributed by atoms with van der Waals surface area (Å²) >= 11 is 19.2. The van der Waals surface area contributed by atoms with Gasteiger partial charge in [-0.15, -0.1) is 0 Å². The molecule has 1 aliphatic rings. The number of aryl methyl sites for hydroxylation is 2. The minimum atomic E-state index is -0.540. The van der Waals surface area contributed by atoms with E-state index in [1.54, 1.807) is 6.07 Å². The van der Waals surface area contributed by atoms with Crippen LogP contribution in [-0.4, -0.2) is 21.2 Å². The van der Waals surface area contributed by atoms with Crippen LogP contribution in [0.15, 0.2) is 24.3 Å². The average Bonchev–Trinajstić information content (AvgIpc) is 3.03. The Labute approximate surface area is 179 Å². The van der Waals surface area contributed by atoms with E-state index in [2.05, 4.69) is 16.4 Å². The number of imidazole rings is 1. The second-order valence-corrected chi connectivity index (χ2v) is 8.51. The van der Waals surface area contributed by atoms with E-state index in [0.29, 0.717) is 21.5 Å². The lowest BCUT2D eigenvalue weighted by Gasteiger charge is -2.31. The molecule has 2 aromatic carbocycles. The Balaban J connectivity index is 1.94. The lowest BCUT2D eigenvalue weighted by atomic mass is 10.0. The minimum Gasteiger partial charge on any atom is -0.388 e. The number of benzene rings is 2. The summed E-state index contributed by atoms with van der Waals surface area (Å²) in [6, 6.07) is 7.41. The molecule has 0 radical (unpaired) electrons. The maximum atomic E-state index is 10.7. The fraction of sp³-hybridized carbons (Fsp3) is 0.381. The Morgan fingerprint density at radius 1 is 1.14 bits per heavy atom. The molecule has 0 amide bonds. The predicted octanol–water partition coefficient (Wildman–Crippen LogP) is 6.68. The van der Waals surface area contributed by atoms with Crippen LogP contribution in [0.5, 0.6) is 0 Å². The van der Waals surface area contributed by atoms with E-state index in [-0.39, 0.29) is 0 Å². The van der Waals surface area contributed by atoms with E-state index in [9.17, 15) is 5.11 Å². The summed E-state index contributed by atoms with van der Waals surface area (Å²) in [6.07, 6.45) is 2.00. The van der Waals surface area contributed by atoms with Crippen molar-refractivity contribution in [1.29, 1.82) is 0 Å². The van der Waals surface area contributed by atoms with Crippen molar-refractivity contribution in [1.82, 2.24) is 9.55 Å². The third-order valence-corrected chi connectivity index (χ3v) is 6.08. The van der Waals surface area contributed by atoms with Gasteiger partial charge in [-0.1, -0.05) is 54.2 Å². The van der Waals surface area contributed by atoms with Gasteiger partial charge in [0.2, 0.25) is 5.95 Å². The molecule has 0 spiro atoms. The van der Waals surface area contributed by atoms with Crippen molar-refractivity contribution in [3.8, 4) is 0 Å². The molecule has 0 bridgehead atoms. The zero-order valence-corrected chi connectivity index (χ0v) is 18.1. The van der Waals surface area contributed by atoms with E-state index < -0.39 is 6.10 Å². The Bertz CT molecular complexity index is 1020. The van der Waals surface area contributed by atoms with Gasteiger partial charge in [0.15, 0.2) is 0 Å². The number of halogens is 3. The molecular weight excluding hydrogens is 417 g/mol. The topological polar surface area (TPSA) is 41.3 Å². The van der Waals surface area contributed by atoms with Gasteiger partial charge in [-0.25, -0.2) is 4.98 Å². The number of aromatic nitrogens is 2. The Kier molecular flexibility index (Phi) is 5.49. The molecule has 1 unspecified atom stereocenters. The fourth-order valence-electron chi connectivity index (χ4n) is 4.07. The smallest absolute Gasteiger partial charge is 0.211 e. The van der Waals surface area contributed by atoms with Crippen LogP contribution < -0.4 is 4.90 Å². The van der Waals surface area contributed by atoms with E-state index in [1.165, 1.54) is 0 Å². The van der Waals surface area contributed by atoms with Crippen LogP contribution in [0.25, 0.3) is 11.0 Å². The Morgan fingerprint density at radius 3 is 2.64 bits per heavy atom. The zero-order chi connectivity index (χ0) is 20.0. The summed E-state index contributed by atoms with van der Waals surface area (Å²) in [5.74, 6) is 0.798. The number of rotatable bonds is 4. The molecule has 2 heterocycles. The van der Waals surface area contributed by atoms with Gasteiger partial charge in [0.05, 0.1) is 27.4 Å². The average molecular weight is 439 g/mol. The molecule has 0 aliphatic carbocycles. The number of fused-ring (bicyclic) bond motifs is 3. The first-order valence-corrected chi connectivity index (χ1v) is 10.7. The number of nitrogens with zero attached hydrogens (tertiary/aromatic N) is 3. The summed E-state index contributed by atoms with van der Waals surface area (Å²) < 4.78 is 2.16. The van der Waals surface area contributed by atoms with Crippen molar-refractivity contribution in [3.63, 3.8) is 0 Å². The van der Waals surface area contributed by atoms with E-state index in [1.807, 2.05) is 25.1 Å². The maximum absolute atomic E-state index is 10.7. The lowest BCUT2D eigenvalue weighted by Crippen LogP contribution is -2.29. The van der Waals surface area contributed by atoms with Gasteiger partial charge < -0.3 is 14.6 Å². The van der Waals surface area contributed by atoms with Crippen LogP contribution >= 0.6 is 34.8 Å². The second kappa shape index (κ2) is 7.75. The van der Waals surface area contributed by atoms with Gasteiger partial charge in [0.1, 0.15) is 5.52 Å². The van der Waals surface area contributed by atoms with Gasteiger partial charge >= 0.3 is 0 Å². The molecule has 1 N–H and O–H groups in total. The molecule has 0 fully saturated rings. The first-order chi connectivity index (χ1) is 13.4. The molecule has 1 aromatic heterocycles. The molecular formula is C21H22Cl3N3O. The normalized spacial score (nSPS) is 15.1. The van der Waals surface area contributed by atoms with Crippen LogP contribution in [0.4, 0.5) is 11.6 Å². The van der Waals surface area contributed by atoms with Crippen molar-refractivity contribution < 1.29 is 5.11 Å². The van der Waals surface area contributed by atoms with Gasteiger partial charge in [-0.2, -0.15) is 0 Å². The maximum Gasteiger partial charge on any atom is 0.211 e. The van der Waals surface area contributed by atoms with Crippen molar-refractivity contribution in [2.24, 2.45) is 0 Å². The molecule has 148 valence electrons. The van der Waals surface area contributed by atoms with Crippen molar-refractivity contribution in [2.75, 3.05) is 11.4 Å². The molecule has 1 aliphatic heterocycles. The lowest BCUT2D eigenvalue weighted by molar-refractivity contribution is 0.167. The van der Waals surface area contributed by atoms with Crippen LogP contribution in [0.3, 0.4) is 0 Å². The summed E-state index contributed by atoms with van der Waals surface area (Å²) in [7, 11) is 0. The zero-order valence-electron chi connectivity index (χ0n) is 15.8. The molecule has 7 heteroatoms. The summed E-state index contributed by atoms with van der Waals surface area (Å²) in [5.41, 5.74) is 4.42. The summed E-state index contributed by atoms with van der Waals surface area (Å²) in [4.78, 5) is 7.00. The minimum absolute atomic E-state index is 0.540. The SMILES string of the molecule is CCCC(O)c1ccc(Cl)c2nc3n(c12)CCCN3c1c(C)cc(Cl)cc1Cl. The van der Waals surface area contributed by atoms with Crippen LogP contribution in [0, 0.1) is 6.92 Å². The van der Waals surface area contributed by atoms with E-state index >= 15 is 0 Å². The van der Waals surface area contributed by atoms with Crippen molar-refractivity contribution in [3.05, 3.63) is 50.5 Å². The number of hydrogen-bond acceptors (Lipinski definition) is 3. The van der Waals surface area contributed by atoms with Crippen LogP contribution in [-0.2, 0) is 6.54 Å². The summed E-state index contributed by atoms with van der Waals surface area (Å²) in [5, 5.41) is 12.5. The molecule has 1 atom stereocenters. The number of aliphatic hydroxyl groups excluding tert-OH is 1. The van der Waals surface area contributed by atoms with Crippen molar-refractivity contribution in [2.45, 2.75) is 45.8 Å². The molecule has 3 aromatic rings. The first-order valence-electron chi connectivity index (χ1n) is 9.52. The molecule has 4 rings (SSSR count). The third-order valence-electron chi connectivity index (χ3n) is 5.27. The first kappa shape index (κ1) is 19.8. The van der Waals surface area contributed by atoms with E-state index in [0.717, 1.165) is 59.7 Å². The highest BCUT2D eigenvalue weighted by molar-refractivity contribution is 6.37. The monoisotopic (exact) mass is 437 g/mol. The van der Waals surface area contributed by atoms with Crippen molar-refractivity contribution >= 4 is 57.5 Å². The number of aliphatic hydroxyl groups is 1. The highest BCUT2D eigenvalue weighted by Gasteiger charge is 2.28. The Morgan fingerprint density at radius 2 is 1.93 bits per heavy atom. The molecule has 0 saturated carbocycles. The fourth-order valence-corrected chi connectivity index (χ4v) is 4.96. The second-order valence-electron chi connectivity index (χ2n) is 7.26. The number of hydrogen-bond donors (Lipinski definition) is 1. The standard InChI is InChI=1S/C21H22Cl3N3O/c1-3-5-17(28)14-6-7-15(23)18-20(14)27-9-4-8-26(21(27)25-18)19-12(2)10-13(22)11-16(19)24/h6-7,10-11,17,28H,3-5,8-9H2,1-2H3. The highest BCUT2D eigenvalue weighted by Crippen LogP contribution is 2.42. The third kappa shape index (κ3) is 3.26. The van der Waals surface area contributed by atoms with Crippen LogP contribution in [0.1, 0.15) is 43.4 Å². The molecule has 28 heavy (non-hydrogen) atoms. The largest absolute Gasteiger partial charge is 0.388 e. The molecule has 0 saturated heterocycles. The predicted molar refractivity (Wildman–Crippen MR) is 117 cm³/mol. The van der Waals surface area contributed by atoms with Crippen LogP contribution in [0.2, 0.25) is 15.1 Å². The highest BCUT2D eigenvalue weighted by atomic mass is 35.5. The van der Waals surface area contributed by atoms with E-state index in [4.69, 9.17) is 39.8 Å². The van der Waals surface area contributed by atoms with Gasteiger partial charge in [-0.3, -0.25) is 0 Å². The van der Waals surface area contributed by atoms with Gasteiger partial charge in [0, 0.05) is 23.7 Å². The quantitative estimate of drug-likeness (QED) is 0.494. The van der Waals surface area contributed by atoms with Gasteiger partial charge in [-0.05, 0) is 43.5 Å².